The Hall–Kier alpha value is -0.870. The molecule has 1 amide bonds. The number of nitrogens with one attached hydrogen (secondary N) is 1. The molecule has 1 aromatic heterocycles. The molecule has 1 aromatic rings. The molecule has 0 atom stereocenters. The number of hydrogen-bond donors (Lipinski definition) is 2. The highest BCUT2D eigenvalue weighted by Crippen LogP contribution is 2.29. The molecule has 0 saturated heterocycles. The molecule has 0 aliphatic heterocycles. The van der Waals surface area contributed by atoms with Gasteiger partial charge in [-0.2, -0.15) is 11.3 Å². The van der Waals surface area contributed by atoms with Gasteiger partial charge in [-0.3, -0.25) is 4.79 Å². The van der Waals surface area contributed by atoms with E-state index < -0.39 is 0 Å². The van der Waals surface area contributed by atoms with Crippen LogP contribution in [0.3, 0.4) is 0 Å². The largest absolute Gasteiger partial charge is 0.396 e. The van der Waals surface area contributed by atoms with Crippen molar-refractivity contribution in [2.75, 3.05) is 13.2 Å². The van der Waals surface area contributed by atoms with Crippen LogP contribution in [0, 0.1) is 12.3 Å². The van der Waals surface area contributed by atoms with Crippen molar-refractivity contribution in [3.8, 4) is 0 Å². The van der Waals surface area contributed by atoms with Crippen LogP contribution in [0.1, 0.15) is 49.0 Å². The zero-order valence-electron chi connectivity index (χ0n) is 11.5. The minimum absolute atomic E-state index is 0.00188. The van der Waals surface area contributed by atoms with Crippen molar-refractivity contribution in [1.82, 2.24) is 5.32 Å². The van der Waals surface area contributed by atoms with Gasteiger partial charge in [0.05, 0.1) is 5.56 Å². The first-order chi connectivity index (χ1) is 8.58. The van der Waals surface area contributed by atoms with E-state index in [0.717, 1.165) is 30.4 Å². The number of hydrogen-bond acceptors (Lipinski definition) is 3. The molecule has 0 aliphatic carbocycles. The van der Waals surface area contributed by atoms with E-state index in [1.165, 1.54) is 0 Å². The van der Waals surface area contributed by atoms with Crippen LogP contribution >= 0.6 is 11.3 Å². The summed E-state index contributed by atoms with van der Waals surface area (Å²) in [4.78, 5) is 12.0. The second-order valence-electron chi connectivity index (χ2n) is 4.83. The van der Waals surface area contributed by atoms with Crippen molar-refractivity contribution in [1.29, 1.82) is 0 Å². The molecule has 1 rings (SSSR count). The normalized spacial score (nSPS) is 11.6. The summed E-state index contributed by atoms with van der Waals surface area (Å²) in [6, 6.07) is 0. The molecule has 18 heavy (non-hydrogen) atoms. The summed E-state index contributed by atoms with van der Waals surface area (Å²) in [5.74, 6) is -0.00188. The number of aliphatic hydroxyl groups excluding tert-OH is 1. The molecule has 0 bridgehead atoms. The van der Waals surface area contributed by atoms with E-state index in [-0.39, 0.29) is 17.9 Å². The highest BCUT2D eigenvalue weighted by Gasteiger charge is 2.26. The topological polar surface area (TPSA) is 49.3 Å². The van der Waals surface area contributed by atoms with Gasteiger partial charge in [-0.15, -0.1) is 0 Å². The third kappa shape index (κ3) is 3.56. The maximum absolute atomic E-state index is 12.0. The molecule has 3 nitrogen and oxygen atoms in total. The van der Waals surface area contributed by atoms with Crippen LogP contribution in [0.2, 0.25) is 0 Å². The predicted molar refractivity (Wildman–Crippen MR) is 76.1 cm³/mol. The van der Waals surface area contributed by atoms with Crippen LogP contribution < -0.4 is 5.32 Å². The number of carbonyl (C=O) groups excluding carboxylic acids is 1. The molecular weight excluding hydrogens is 246 g/mol. The van der Waals surface area contributed by atoms with Crippen molar-refractivity contribution in [3.05, 3.63) is 21.9 Å². The second-order valence-corrected chi connectivity index (χ2v) is 5.58. The van der Waals surface area contributed by atoms with E-state index in [1.807, 2.05) is 17.7 Å². The molecule has 0 spiro atoms. The van der Waals surface area contributed by atoms with Gasteiger partial charge in [0, 0.05) is 18.5 Å². The number of amides is 1. The van der Waals surface area contributed by atoms with E-state index in [2.05, 4.69) is 19.2 Å². The summed E-state index contributed by atoms with van der Waals surface area (Å²) in [6.07, 6.45) is 2.67. The van der Waals surface area contributed by atoms with Crippen molar-refractivity contribution < 1.29 is 9.90 Å². The average molecular weight is 269 g/mol. The number of carbonyl (C=O) groups is 1. The number of aliphatic hydroxyl groups is 1. The van der Waals surface area contributed by atoms with Gasteiger partial charge in [0.25, 0.3) is 5.91 Å². The average Bonchev–Trinajstić information content (AvgIpc) is 2.80. The Morgan fingerprint density at radius 2 is 2.06 bits per heavy atom. The summed E-state index contributed by atoms with van der Waals surface area (Å²) in [7, 11) is 0. The molecule has 2 N–H and O–H groups in total. The zero-order chi connectivity index (χ0) is 13.6. The summed E-state index contributed by atoms with van der Waals surface area (Å²) in [5.41, 5.74) is 1.82. The predicted octanol–water partition coefficient (Wildman–Crippen LogP) is 2.98. The van der Waals surface area contributed by atoms with Crippen LogP contribution in [-0.2, 0) is 0 Å². The van der Waals surface area contributed by atoms with Gasteiger partial charge >= 0.3 is 0 Å². The first kappa shape index (κ1) is 15.2. The van der Waals surface area contributed by atoms with Crippen molar-refractivity contribution in [3.63, 3.8) is 0 Å². The van der Waals surface area contributed by atoms with Gasteiger partial charge in [0.2, 0.25) is 0 Å². The molecule has 0 fully saturated rings. The molecular formula is C14H23NO2S. The molecule has 1 heterocycles. The van der Waals surface area contributed by atoms with Crippen LogP contribution in [0.15, 0.2) is 10.8 Å². The van der Waals surface area contributed by atoms with Crippen molar-refractivity contribution in [2.24, 2.45) is 5.41 Å². The Balaban J connectivity index is 2.63. The maximum Gasteiger partial charge on any atom is 0.252 e. The van der Waals surface area contributed by atoms with Gasteiger partial charge in [-0.05, 0) is 42.5 Å². The summed E-state index contributed by atoms with van der Waals surface area (Å²) < 4.78 is 0. The van der Waals surface area contributed by atoms with E-state index in [0.29, 0.717) is 6.54 Å². The Kier molecular flexibility index (Phi) is 5.82. The fraction of sp³-hybridized carbons (Fsp3) is 0.643. The summed E-state index contributed by atoms with van der Waals surface area (Å²) in [6.45, 7) is 6.98. The lowest BCUT2D eigenvalue weighted by Gasteiger charge is -2.31. The lowest BCUT2D eigenvalue weighted by atomic mass is 9.79. The standard InChI is InChI=1S/C14H23NO2S/c1-4-14(5-2,6-7-16)10-15-13(17)12-9-18-8-11(12)3/h8-9,16H,4-7,10H2,1-3H3,(H,15,17). The minimum atomic E-state index is -0.00188. The molecule has 0 saturated carbocycles. The Labute approximate surface area is 113 Å². The number of aryl methyl sites for hydroxylation is 1. The zero-order valence-corrected chi connectivity index (χ0v) is 12.3. The fourth-order valence-electron chi connectivity index (χ4n) is 2.14. The monoisotopic (exact) mass is 269 g/mol. The number of rotatable bonds is 7. The highest BCUT2D eigenvalue weighted by molar-refractivity contribution is 7.08. The van der Waals surface area contributed by atoms with Crippen LogP contribution in [0.4, 0.5) is 0 Å². The Morgan fingerprint density at radius 3 is 2.50 bits per heavy atom. The smallest absolute Gasteiger partial charge is 0.252 e. The lowest BCUT2D eigenvalue weighted by Crippen LogP contribution is -2.37. The Morgan fingerprint density at radius 1 is 1.39 bits per heavy atom. The molecule has 0 aromatic carbocycles. The van der Waals surface area contributed by atoms with Gasteiger partial charge in [-0.25, -0.2) is 0 Å². The van der Waals surface area contributed by atoms with E-state index in [1.54, 1.807) is 11.3 Å². The quantitative estimate of drug-likeness (QED) is 0.799. The fourth-order valence-corrected chi connectivity index (χ4v) is 2.96. The number of thiophene rings is 1. The van der Waals surface area contributed by atoms with Gasteiger partial charge in [0.15, 0.2) is 0 Å². The highest BCUT2D eigenvalue weighted by atomic mass is 32.1. The Bertz CT molecular complexity index is 383. The van der Waals surface area contributed by atoms with Crippen molar-refractivity contribution in [2.45, 2.75) is 40.0 Å². The summed E-state index contributed by atoms with van der Waals surface area (Å²) >= 11 is 1.55. The first-order valence-corrected chi connectivity index (χ1v) is 7.44. The maximum atomic E-state index is 12.0. The van der Waals surface area contributed by atoms with Crippen LogP contribution in [-0.4, -0.2) is 24.2 Å². The molecule has 4 heteroatoms. The van der Waals surface area contributed by atoms with Crippen LogP contribution in [0.25, 0.3) is 0 Å². The molecule has 0 radical (unpaired) electrons. The molecule has 0 unspecified atom stereocenters. The second kappa shape index (κ2) is 6.90. The summed E-state index contributed by atoms with van der Waals surface area (Å²) in [5, 5.41) is 16.0. The minimum Gasteiger partial charge on any atom is -0.396 e. The van der Waals surface area contributed by atoms with Gasteiger partial charge in [-0.1, -0.05) is 13.8 Å². The van der Waals surface area contributed by atoms with E-state index in [4.69, 9.17) is 5.11 Å². The molecule has 102 valence electrons. The SMILES string of the molecule is CCC(CC)(CCO)CNC(=O)c1cscc1C. The van der Waals surface area contributed by atoms with Gasteiger partial charge in [0.1, 0.15) is 0 Å². The van der Waals surface area contributed by atoms with E-state index in [9.17, 15) is 4.79 Å². The van der Waals surface area contributed by atoms with Crippen molar-refractivity contribution >= 4 is 17.2 Å². The lowest BCUT2D eigenvalue weighted by molar-refractivity contribution is 0.0907. The van der Waals surface area contributed by atoms with Crippen LogP contribution in [0.5, 0.6) is 0 Å². The van der Waals surface area contributed by atoms with Gasteiger partial charge < -0.3 is 10.4 Å². The third-order valence-corrected chi connectivity index (χ3v) is 4.73. The first-order valence-electron chi connectivity index (χ1n) is 6.50. The van der Waals surface area contributed by atoms with E-state index >= 15 is 0 Å². The molecule has 0 aliphatic rings. The third-order valence-electron chi connectivity index (χ3n) is 3.87.